The van der Waals surface area contributed by atoms with Crippen LogP contribution in [0.5, 0.6) is 0 Å². The SMILES string of the molecule is C=CCNC(=O)c1ccc(-c2ccc(C(C)=O)cc2)o1. The molecule has 0 atom stereocenters. The molecule has 0 fully saturated rings. The second kappa shape index (κ2) is 6.02. The molecule has 1 aromatic carbocycles. The molecule has 0 aliphatic rings. The molecule has 0 spiro atoms. The topological polar surface area (TPSA) is 59.3 Å². The lowest BCUT2D eigenvalue weighted by molar-refractivity contribution is 0.0930. The molecule has 0 aliphatic heterocycles. The Morgan fingerprint density at radius 3 is 2.50 bits per heavy atom. The number of hydrogen-bond donors (Lipinski definition) is 1. The van der Waals surface area contributed by atoms with Gasteiger partial charge in [-0.2, -0.15) is 0 Å². The summed E-state index contributed by atoms with van der Waals surface area (Å²) in [5, 5.41) is 2.64. The van der Waals surface area contributed by atoms with Crippen molar-refractivity contribution in [2.45, 2.75) is 6.92 Å². The maximum absolute atomic E-state index is 11.7. The number of amides is 1. The molecule has 1 aromatic heterocycles. The third kappa shape index (κ3) is 3.03. The zero-order chi connectivity index (χ0) is 14.5. The highest BCUT2D eigenvalue weighted by Crippen LogP contribution is 2.22. The average molecular weight is 269 g/mol. The summed E-state index contributed by atoms with van der Waals surface area (Å²) in [6.45, 7) is 5.44. The quantitative estimate of drug-likeness (QED) is 0.670. The first-order valence-electron chi connectivity index (χ1n) is 6.22. The lowest BCUT2D eigenvalue weighted by atomic mass is 10.1. The number of nitrogens with one attached hydrogen (secondary N) is 1. The molecule has 0 aliphatic carbocycles. The van der Waals surface area contributed by atoms with E-state index in [0.717, 1.165) is 5.56 Å². The summed E-state index contributed by atoms with van der Waals surface area (Å²) in [7, 11) is 0. The molecule has 1 heterocycles. The Hall–Kier alpha value is -2.62. The maximum atomic E-state index is 11.7. The van der Waals surface area contributed by atoms with Crippen molar-refractivity contribution in [2.75, 3.05) is 6.54 Å². The van der Waals surface area contributed by atoms with Crippen molar-refractivity contribution in [3.63, 3.8) is 0 Å². The summed E-state index contributed by atoms with van der Waals surface area (Å²) in [5.74, 6) is 0.568. The number of furan rings is 1. The summed E-state index contributed by atoms with van der Waals surface area (Å²) < 4.78 is 5.50. The Morgan fingerprint density at radius 2 is 1.90 bits per heavy atom. The van der Waals surface area contributed by atoms with E-state index in [1.807, 2.05) is 0 Å². The van der Waals surface area contributed by atoms with Crippen LogP contribution >= 0.6 is 0 Å². The van der Waals surface area contributed by atoms with Gasteiger partial charge < -0.3 is 9.73 Å². The third-order valence-electron chi connectivity index (χ3n) is 2.81. The van der Waals surface area contributed by atoms with Crippen LogP contribution in [0.2, 0.25) is 0 Å². The lowest BCUT2D eigenvalue weighted by Crippen LogP contribution is -2.22. The highest BCUT2D eigenvalue weighted by molar-refractivity contribution is 5.94. The molecule has 0 radical (unpaired) electrons. The van der Waals surface area contributed by atoms with E-state index in [0.29, 0.717) is 17.9 Å². The number of Topliss-reactive ketones (excluding diaryl/α,β-unsaturated/α-hetero) is 1. The van der Waals surface area contributed by atoms with Gasteiger partial charge in [-0.15, -0.1) is 6.58 Å². The number of hydrogen-bond acceptors (Lipinski definition) is 3. The van der Waals surface area contributed by atoms with E-state index in [2.05, 4.69) is 11.9 Å². The molecular formula is C16H15NO3. The summed E-state index contributed by atoms with van der Waals surface area (Å²) in [6.07, 6.45) is 1.60. The number of ketones is 1. The molecule has 0 saturated carbocycles. The van der Waals surface area contributed by atoms with E-state index < -0.39 is 0 Å². The summed E-state index contributed by atoms with van der Waals surface area (Å²) in [4.78, 5) is 22.9. The molecule has 4 heteroatoms. The third-order valence-corrected chi connectivity index (χ3v) is 2.81. The first-order chi connectivity index (χ1) is 9.61. The standard InChI is InChI=1S/C16H15NO3/c1-3-10-17-16(19)15-9-8-14(20-15)13-6-4-12(5-7-13)11(2)18/h3-9H,1,10H2,2H3,(H,17,19). The van der Waals surface area contributed by atoms with Crippen LogP contribution in [0.4, 0.5) is 0 Å². The van der Waals surface area contributed by atoms with Gasteiger partial charge in [0.2, 0.25) is 0 Å². The molecule has 1 N–H and O–H groups in total. The van der Waals surface area contributed by atoms with Crippen molar-refractivity contribution in [2.24, 2.45) is 0 Å². The van der Waals surface area contributed by atoms with Crippen molar-refractivity contribution < 1.29 is 14.0 Å². The fourth-order valence-electron chi connectivity index (χ4n) is 1.74. The van der Waals surface area contributed by atoms with Gasteiger partial charge in [-0.25, -0.2) is 0 Å². The fraction of sp³-hybridized carbons (Fsp3) is 0.125. The lowest BCUT2D eigenvalue weighted by Gasteiger charge is -2.00. The van der Waals surface area contributed by atoms with Crippen molar-refractivity contribution in [3.8, 4) is 11.3 Å². The van der Waals surface area contributed by atoms with Gasteiger partial charge in [-0.05, 0) is 19.1 Å². The highest BCUT2D eigenvalue weighted by Gasteiger charge is 2.11. The van der Waals surface area contributed by atoms with Gasteiger partial charge in [0.1, 0.15) is 5.76 Å². The molecule has 4 nitrogen and oxygen atoms in total. The minimum atomic E-state index is -0.281. The minimum absolute atomic E-state index is 0.0143. The van der Waals surface area contributed by atoms with E-state index in [1.54, 1.807) is 42.5 Å². The van der Waals surface area contributed by atoms with Gasteiger partial charge in [-0.3, -0.25) is 9.59 Å². The molecular weight excluding hydrogens is 254 g/mol. The first kappa shape index (κ1) is 13.8. The van der Waals surface area contributed by atoms with Crippen LogP contribution < -0.4 is 5.32 Å². The van der Waals surface area contributed by atoms with Crippen molar-refractivity contribution in [1.29, 1.82) is 0 Å². The van der Waals surface area contributed by atoms with Gasteiger partial charge in [0.25, 0.3) is 5.91 Å². The van der Waals surface area contributed by atoms with E-state index >= 15 is 0 Å². The Bertz CT molecular complexity index is 638. The Morgan fingerprint density at radius 1 is 1.20 bits per heavy atom. The number of rotatable bonds is 5. The summed E-state index contributed by atoms with van der Waals surface area (Å²) in [5.41, 5.74) is 1.46. The van der Waals surface area contributed by atoms with Crippen LogP contribution in [-0.2, 0) is 0 Å². The van der Waals surface area contributed by atoms with Crippen molar-refractivity contribution in [3.05, 3.63) is 60.4 Å². The molecule has 20 heavy (non-hydrogen) atoms. The minimum Gasteiger partial charge on any atom is -0.451 e. The summed E-state index contributed by atoms with van der Waals surface area (Å²) >= 11 is 0. The average Bonchev–Trinajstić information content (AvgIpc) is 2.94. The first-order valence-corrected chi connectivity index (χ1v) is 6.22. The van der Waals surface area contributed by atoms with Crippen LogP contribution in [0.3, 0.4) is 0 Å². The Kier molecular flexibility index (Phi) is 4.15. The Balaban J connectivity index is 2.17. The van der Waals surface area contributed by atoms with Crippen LogP contribution in [-0.4, -0.2) is 18.2 Å². The predicted molar refractivity (Wildman–Crippen MR) is 76.7 cm³/mol. The van der Waals surface area contributed by atoms with E-state index in [9.17, 15) is 9.59 Å². The largest absolute Gasteiger partial charge is 0.451 e. The van der Waals surface area contributed by atoms with Crippen LogP contribution in [0.1, 0.15) is 27.8 Å². The number of carbonyl (C=O) groups is 2. The zero-order valence-corrected chi connectivity index (χ0v) is 11.2. The smallest absolute Gasteiger partial charge is 0.287 e. The van der Waals surface area contributed by atoms with E-state index in [4.69, 9.17) is 4.42 Å². The Labute approximate surface area is 117 Å². The van der Waals surface area contributed by atoms with Crippen molar-refractivity contribution >= 4 is 11.7 Å². The van der Waals surface area contributed by atoms with Crippen molar-refractivity contribution in [1.82, 2.24) is 5.32 Å². The molecule has 2 aromatic rings. The van der Waals surface area contributed by atoms with E-state index in [1.165, 1.54) is 6.92 Å². The number of carbonyl (C=O) groups excluding carboxylic acids is 2. The van der Waals surface area contributed by atoms with Gasteiger partial charge in [-0.1, -0.05) is 30.3 Å². The normalized spacial score (nSPS) is 10.1. The second-order valence-corrected chi connectivity index (χ2v) is 4.30. The molecule has 1 amide bonds. The van der Waals surface area contributed by atoms with Gasteiger partial charge in [0.15, 0.2) is 11.5 Å². The maximum Gasteiger partial charge on any atom is 0.287 e. The van der Waals surface area contributed by atoms with Gasteiger partial charge in [0.05, 0.1) is 0 Å². The molecule has 0 unspecified atom stereocenters. The van der Waals surface area contributed by atoms with Crippen LogP contribution in [0, 0.1) is 0 Å². The monoisotopic (exact) mass is 269 g/mol. The number of benzene rings is 1. The second-order valence-electron chi connectivity index (χ2n) is 4.30. The molecule has 102 valence electrons. The molecule has 2 rings (SSSR count). The summed E-state index contributed by atoms with van der Waals surface area (Å²) in [6, 6.07) is 10.4. The van der Waals surface area contributed by atoms with Gasteiger partial charge in [0, 0.05) is 17.7 Å². The van der Waals surface area contributed by atoms with E-state index in [-0.39, 0.29) is 17.5 Å². The predicted octanol–water partition coefficient (Wildman–Crippen LogP) is 3.07. The van der Waals surface area contributed by atoms with Crippen LogP contribution in [0.15, 0.2) is 53.5 Å². The molecule has 0 bridgehead atoms. The zero-order valence-electron chi connectivity index (χ0n) is 11.2. The fourth-order valence-corrected chi connectivity index (χ4v) is 1.74. The van der Waals surface area contributed by atoms with Crippen LogP contribution in [0.25, 0.3) is 11.3 Å². The molecule has 0 saturated heterocycles. The van der Waals surface area contributed by atoms with Gasteiger partial charge >= 0.3 is 0 Å². The highest BCUT2D eigenvalue weighted by atomic mass is 16.3.